The van der Waals surface area contributed by atoms with E-state index < -0.39 is 0 Å². The van der Waals surface area contributed by atoms with Crippen LogP contribution < -0.4 is 10.2 Å². The Kier molecular flexibility index (Phi) is 6.37. The van der Waals surface area contributed by atoms with Crippen LogP contribution in [-0.2, 0) is 0 Å². The van der Waals surface area contributed by atoms with Gasteiger partial charge in [0.15, 0.2) is 0 Å². The minimum absolute atomic E-state index is 0.0630. The quantitative estimate of drug-likeness (QED) is 0.576. The van der Waals surface area contributed by atoms with Crippen LogP contribution in [0.4, 0.5) is 11.4 Å². The number of carbonyl (C=O) groups excluding carboxylic acids is 2. The summed E-state index contributed by atoms with van der Waals surface area (Å²) in [7, 11) is 0. The Morgan fingerprint density at radius 1 is 0.839 bits per heavy atom. The van der Waals surface area contributed by atoms with E-state index in [-0.39, 0.29) is 11.8 Å². The van der Waals surface area contributed by atoms with Crippen LogP contribution in [0.25, 0.3) is 0 Å². The van der Waals surface area contributed by atoms with Crippen LogP contribution in [0.1, 0.15) is 26.3 Å². The van der Waals surface area contributed by atoms with Crippen molar-refractivity contribution in [2.24, 2.45) is 0 Å². The first-order chi connectivity index (χ1) is 15.0. The number of halogens is 1. The van der Waals surface area contributed by atoms with E-state index in [1.807, 2.05) is 35.2 Å². The van der Waals surface area contributed by atoms with E-state index in [0.29, 0.717) is 34.4 Å². The van der Waals surface area contributed by atoms with Crippen LogP contribution in [0.2, 0.25) is 0 Å². The summed E-state index contributed by atoms with van der Waals surface area (Å²) in [6.07, 6.45) is 0. The molecule has 4 rings (SSSR count). The zero-order valence-electron chi connectivity index (χ0n) is 17.3. The van der Waals surface area contributed by atoms with Crippen LogP contribution in [0.3, 0.4) is 0 Å². The van der Waals surface area contributed by atoms with Crippen LogP contribution >= 0.6 is 15.9 Å². The first-order valence-electron chi connectivity index (χ1n) is 10.3. The van der Waals surface area contributed by atoms with Crippen molar-refractivity contribution in [1.29, 1.82) is 0 Å². The van der Waals surface area contributed by atoms with E-state index in [9.17, 15) is 9.59 Å². The topological polar surface area (TPSA) is 52.6 Å². The molecule has 6 heteroatoms. The zero-order valence-corrected chi connectivity index (χ0v) is 18.9. The molecule has 1 aliphatic heterocycles. The van der Waals surface area contributed by atoms with Crippen LogP contribution in [0, 0.1) is 6.92 Å². The number of hydrogen-bond acceptors (Lipinski definition) is 3. The molecule has 0 spiro atoms. The smallest absolute Gasteiger partial charge is 0.256 e. The summed E-state index contributed by atoms with van der Waals surface area (Å²) in [6.45, 7) is 4.92. The van der Waals surface area contributed by atoms with Gasteiger partial charge in [0.05, 0.1) is 16.8 Å². The molecule has 0 aromatic heterocycles. The molecule has 1 heterocycles. The number of rotatable bonds is 4. The van der Waals surface area contributed by atoms with E-state index in [2.05, 4.69) is 57.3 Å². The van der Waals surface area contributed by atoms with Crippen molar-refractivity contribution in [2.75, 3.05) is 36.4 Å². The molecule has 5 nitrogen and oxygen atoms in total. The number of nitrogens with zero attached hydrogens (tertiary/aromatic N) is 2. The first kappa shape index (κ1) is 21.1. The average Bonchev–Trinajstić information content (AvgIpc) is 2.79. The van der Waals surface area contributed by atoms with Crippen molar-refractivity contribution < 1.29 is 9.59 Å². The summed E-state index contributed by atoms with van der Waals surface area (Å²) in [5.41, 5.74) is 3.97. The SMILES string of the molecule is Cc1cccc(N2CCN(C(=O)c3ccccc3NC(=O)c3ccccc3Br)CC2)c1. The molecule has 0 bridgehead atoms. The molecule has 0 aliphatic carbocycles. The summed E-state index contributed by atoms with van der Waals surface area (Å²) in [5, 5.41) is 2.90. The summed E-state index contributed by atoms with van der Waals surface area (Å²) in [6, 6.07) is 22.8. The van der Waals surface area contributed by atoms with Crippen molar-refractivity contribution in [3.8, 4) is 0 Å². The van der Waals surface area contributed by atoms with Crippen molar-refractivity contribution in [2.45, 2.75) is 6.92 Å². The lowest BCUT2D eigenvalue weighted by atomic mass is 10.1. The molecule has 158 valence electrons. The predicted octanol–water partition coefficient (Wildman–Crippen LogP) is 4.97. The molecule has 1 aliphatic rings. The monoisotopic (exact) mass is 477 g/mol. The first-order valence-corrected chi connectivity index (χ1v) is 11.1. The normalized spacial score (nSPS) is 13.7. The van der Waals surface area contributed by atoms with Crippen molar-refractivity contribution in [3.63, 3.8) is 0 Å². The second-order valence-corrected chi connectivity index (χ2v) is 8.45. The Morgan fingerprint density at radius 2 is 1.52 bits per heavy atom. The van der Waals surface area contributed by atoms with Crippen LogP contribution in [-0.4, -0.2) is 42.9 Å². The van der Waals surface area contributed by atoms with Gasteiger partial charge in [-0.15, -0.1) is 0 Å². The number of hydrogen-bond donors (Lipinski definition) is 1. The van der Waals surface area contributed by atoms with E-state index in [1.54, 1.807) is 18.2 Å². The van der Waals surface area contributed by atoms with Crippen LogP contribution in [0.5, 0.6) is 0 Å². The Bertz CT molecular complexity index is 1110. The largest absolute Gasteiger partial charge is 0.368 e. The molecular formula is C25H24BrN3O2. The van der Waals surface area contributed by atoms with E-state index in [4.69, 9.17) is 0 Å². The fourth-order valence-corrected chi connectivity index (χ4v) is 4.24. The van der Waals surface area contributed by atoms with E-state index >= 15 is 0 Å². The van der Waals surface area contributed by atoms with Crippen molar-refractivity contribution in [3.05, 3.63) is 94.0 Å². The number of aryl methyl sites for hydroxylation is 1. The van der Waals surface area contributed by atoms with Gasteiger partial charge in [0.2, 0.25) is 0 Å². The highest BCUT2D eigenvalue weighted by atomic mass is 79.9. The minimum Gasteiger partial charge on any atom is -0.368 e. The number of amides is 2. The molecule has 1 saturated heterocycles. The number of nitrogens with one attached hydrogen (secondary N) is 1. The standard InChI is InChI=1S/C25H24BrN3O2/c1-18-7-6-8-19(17-18)28-13-15-29(16-14-28)25(31)21-10-3-5-12-23(21)27-24(30)20-9-2-4-11-22(20)26/h2-12,17H,13-16H2,1H3,(H,27,30). The van der Waals surface area contributed by atoms with Gasteiger partial charge >= 0.3 is 0 Å². The van der Waals surface area contributed by atoms with Gasteiger partial charge in [-0.1, -0.05) is 36.4 Å². The average molecular weight is 478 g/mol. The van der Waals surface area contributed by atoms with Gasteiger partial charge in [0, 0.05) is 36.3 Å². The summed E-state index contributed by atoms with van der Waals surface area (Å²) < 4.78 is 0.712. The third kappa shape index (κ3) is 4.80. The maximum Gasteiger partial charge on any atom is 0.256 e. The molecule has 31 heavy (non-hydrogen) atoms. The molecule has 1 N–H and O–H groups in total. The van der Waals surface area contributed by atoms with Gasteiger partial charge in [-0.25, -0.2) is 0 Å². The summed E-state index contributed by atoms with van der Waals surface area (Å²) >= 11 is 3.41. The fraction of sp³-hybridized carbons (Fsp3) is 0.200. The maximum absolute atomic E-state index is 13.2. The maximum atomic E-state index is 13.2. The van der Waals surface area contributed by atoms with Gasteiger partial charge in [0.1, 0.15) is 0 Å². The number of anilines is 2. The van der Waals surface area contributed by atoms with Crippen LogP contribution in [0.15, 0.2) is 77.3 Å². The molecular weight excluding hydrogens is 454 g/mol. The Labute approximate surface area is 190 Å². The number of piperazine rings is 1. The second-order valence-electron chi connectivity index (χ2n) is 7.60. The lowest BCUT2D eigenvalue weighted by molar-refractivity contribution is 0.0748. The van der Waals surface area contributed by atoms with E-state index in [0.717, 1.165) is 13.1 Å². The zero-order chi connectivity index (χ0) is 21.8. The predicted molar refractivity (Wildman–Crippen MR) is 128 cm³/mol. The molecule has 3 aromatic rings. The highest BCUT2D eigenvalue weighted by molar-refractivity contribution is 9.10. The molecule has 0 saturated carbocycles. The Hall–Kier alpha value is -3.12. The van der Waals surface area contributed by atoms with Gasteiger partial charge in [-0.3, -0.25) is 9.59 Å². The highest BCUT2D eigenvalue weighted by Gasteiger charge is 2.24. The highest BCUT2D eigenvalue weighted by Crippen LogP contribution is 2.23. The Morgan fingerprint density at radius 3 is 2.23 bits per heavy atom. The molecule has 0 unspecified atom stereocenters. The molecule has 0 atom stereocenters. The fourth-order valence-electron chi connectivity index (χ4n) is 3.78. The third-order valence-electron chi connectivity index (χ3n) is 5.46. The van der Waals surface area contributed by atoms with E-state index in [1.165, 1.54) is 11.3 Å². The second kappa shape index (κ2) is 9.35. The molecule has 0 radical (unpaired) electrons. The van der Waals surface area contributed by atoms with Gasteiger partial charge in [0.25, 0.3) is 11.8 Å². The van der Waals surface area contributed by atoms with Crippen molar-refractivity contribution in [1.82, 2.24) is 4.90 Å². The van der Waals surface area contributed by atoms with Crippen molar-refractivity contribution >= 4 is 39.1 Å². The number of carbonyl (C=O) groups is 2. The minimum atomic E-state index is -0.253. The lowest BCUT2D eigenvalue weighted by Crippen LogP contribution is -2.49. The van der Waals surface area contributed by atoms with Gasteiger partial charge in [-0.2, -0.15) is 0 Å². The molecule has 1 fully saturated rings. The van der Waals surface area contributed by atoms with Gasteiger partial charge < -0.3 is 15.1 Å². The Balaban J connectivity index is 1.46. The molecule has 2 amide bonds. The summed E-state index contributed by atoms with van der Waals surface area (Å²) in [5.74, 6) is -0.316. The number of benzene rings is 3. The summed E-state index contributed by atoms with van der Waals surface area (Å²) in [4.78, 5) is 30.2. The van der Waals surface area contributed by atoms with Gasteiger partial charge in [-0.05, 0) is 64.8 Å². The third-order valence-corrected chi connectivity index (χ3v) is 6.15. The number of para-hydroxylation sites is 1. The molecule has 3 aromatic carbocycles. The lowest BCUT2D eigenvalue weighted by Gasteiger charge is -2.36.